The van der Waals surface area contributed by atoms with Crippen molar-refractivity contribution < 1.29 is 27.0 Å². The highest BCUT2D eigenvalue weighted by Crippen LogP contribution is 2.38. The molecule has 3 rings (SSSR count). The summed E-state index contributed by atoms with van der Waals surface area (Å²) in [5, 5.41) is 12.5. The molecule has 31 heavy (non-hydrogen) atoms. The number of hydrogen-bond acceptors (Lipinski definition) is 8. The molecular formula is C16H10Cl2F2N4O6S. The van der Waals surface area contributed by atoms with E-state index in [2.05, 4.69) is 10.1 Å². The quantitative estimate of drug-likeness (QED) is 0.550. The molecule has 0 saturated heterocycles. The van der Waals surface area contributed by atoms with Crippen LogP contribution in [0.2, 0.25) is 10.0 Å². The molecule has 0 radical (unpaired) electrons. The lowest BCUT2D eigenvalue weighted by molar-refractivity contribution is 0.141. The summed E-state index contributed by atoms with van der Waals surface area (Å²) in [6.45, 7) is 0. The number of H-pyrrole nitrogens is 1. The number of aromatic amines is 1. The normalized spacial score (nSPS) is 11.7. The van der Waals surface area contributed by atoms with Gasteiger partial charge in [-0.25, -0.2) is 27.0 Å². The summed E-state index contributed by atoms with van der Waals surface area (Å²) in [7, 11) is -3.80. The first kappa shape index (κ1) is 22.7. The molecule has 15 heteroatoms. The highest BCUT2D eigenvalue weighted by molar-refractivity contribution is 7.90. The summed E-state index contributed by atoms with van der Waals surface area (Å²) in [6.07, 6.45) is -1.53. The molecule has 0 aliphatic heterocycles. The van der Waals surface area contributed by atoms with E-state index in [1.807, 2.05) is 0 Å². The van der Waals surface area contributed by atoms with Crippen LogP contribution in [0.5, 0.6) is 17.4 Å². The Balaban J connectivity index is 2.06. The standard InChI is InChI=1S/C16H10Cl2F2N4O6S/c1-31(28,29)10-4-11(21-5-9(10)25)30-13-7(17)2-6(3-8(13)18)24-16(27)22-15(26)12(23-24)14(19)20/h2-5,14,25H,1H3,(H,22,26,27). The van der Waals surface area contributed by atoms with E-state index in [4.69, 9.17) is 27.9 Å². The van der Waals surface area contributed by atoms with E-state index in [1.54, 1.807) is 4.98 Å². The van der Waals surface area contributed by atoms with Crippen molar-refractivity contribution in [1.82, 2.24) is 19.7 Å². The number of nitrogens with one attached hydrogen (secondary N) is 1. The monoisotopic (exact) mass is 494 g/mol. The predicted molar refractivity (Wildman–Crippen MR) is 105 cm³/mol. The van der Waals surface area contributed by atoms with E-state index in [1.165, 1.54) is 0 Å². The second-order valence-corrected chi connectivity index (χ2v) is 8.76. The van der Waals surface area contributed by atoms with Crippen LogP contribution in [0.3, 0.4) is 0 Å². The molecule has 0 bridgehead atoms. The van der Waals surface area contributed by atoms with Crippen LogP contribution < -0.4 is 16.0 Å². The van der Waals surface area contributed by atoms with Crippen LogP contribution in [0.15, 0.2) is 38.9 Å². The minimum absolute atomic E-state index is 0.166. The molecule has 0 unspecified atom stereocenters. The second-order valence-electron chi connectivity index (χ2n) is 5.96. The van der Waals surface area contributed by atoms with Crippen molar-refractivity contribution in [3.05, 3.63) is 61.0 Å². The van der Waals surface area contributed by atoms with Gasteiger partial charge in [0, 0.05) is 12.3 Å². The fraction of sp³-hybridized carbons (Fsp3) is 0.125. The number of hydrogen-bond donors (Lipinski definition) is 2. The largest absolute Gasteiger partial charge is 0.505 e. The third kappa shape index (κ3) is 4.68. The molecule has 0 aliphatic carbocycles. The Morgan fingerprint density at radius 2 is 1.81 bits per heavy atom. The van der Waals surface area contributed by atoms with Gasteiger partial charge < -0.3 is 9.84 Å². The van der Waals surface area contributed by atoms with Crippen molar-refractivity contribution >= 4 is 33.0 Å². The molecule has 0 aliphatic rings. The fourth-order valence-corrected chi connectivity index (χ4v) is 3.67. The molecule has 0 saturated carbocycles. The van der Waals surface area contributed by atoms with E-state index in [9.17, 15) is 31.9 Å². The zero-order valence-electron chi connectivity index (χ0n) is 15.1. The van der Waals surface area contributed by atoms with Crippen LogP contribution in [0.1, 0.15) is 12.1 Å². The first-order chi connectivity index (χ1) is 14.4. The minimum atomic E-state index is -3.80. The number of rotatable bonds is 5. The van der Waals surface area contributed by atoms with E-state index in [-0.39, 0.29) is 27.4 Å². The number of benzene rings is 1. The number of pyridine rings is 1. The Kier molecular flexibility index (Phi) is 6.02. The molecule has 1 aromatic carbocycles. The van der Waals surface area contributed by atoms with Crippen molar-refractivity contribution in [3.8, 4) is 23.1 Å². The number of aromatic hydroxyl groups is 1. The van der Waals surface area contributed by atoms with Crippen LogP contribution in [-0.2, 0) is 9.84 Å². The van der Waals surface area contributed by atoms with Gasteiger partial charge >= 0.3 is 5.69 Å². The van der Waals surface area contributed by atoms with E-state index in [0.29, 0.717) is 4.68 Å². The summed E-state index contributed by atoms with van der Waals surface area (Å²) in [6, 6.07) is 3.11. The average Bonchev–Trinajstić information content (AvgIpc) is 2.64. The van der Waals surface area contributed by atoms with Crippen molar-refractivity contribution in [3.63, 3.8) is 0 Å². The van der Waals surface area contributed by atoms with Crippen LogP contribution >= 0.6 is 23.2 Å². The van der Waals surface area contributed by atoms with Gasteiger partial charge in [-0.05, 0) is 12.1 Å². The maximum absolute atomic E-state index is 12.9. The third-order valence-corrected chi connectivity index (χ3v) is 5.40. The van der Waals surface area contributed by atoms with Crippen LogP contribution in [0.25, 0.3) is 5.69 Å². The molecule has 0 spiro atoms. The van der Waals surface area contributed by atoms with Gasteiger partial charge in [0.05, 0.1) is 21.9 Å². The van der Waals surface area contributed by atoms with Gasteiger partial charge in [0.25, 0.3) is 12.0 Å². The maximum atomic E-state index is 12.9. The van der Waals surface area contributed by atoms with Gasteiger partial charge in [0.2, 0.25) is 5.88 Å². The zero-order valence-corrected chi connectivity index (χ0v) is 17.5. The van der Waals surface area contributed by atoms with Crippen molar-refractivity contribution in [2.24, 2.45) is 0 Å². The second kappa shape index (κ2) is 8.24. The first-order valence-electron chi connectivity index (χ1n) is 7.96. The number of aromatic nitrogens is 4. The lowest BCUT2D eigenvalue weighted by Gasteiger charge is -2.12. The summed E-state index contributed by atoms with van der Waals surface area (Å²) in [4.78, 5) is 28.4. The molecule has 0 atom stereocenters. The summed E-state index contributed by atoms with van der Waals surface area (Å²) >= 11 is 12.2. The zero-order chi connectivity index (χ0) is 23.1. The molecule has 0 amide bonds. The maximum Gasteiger partial charge on any atom is 0.349 e. The third-order valence-electron chi connectivity index (χ3n) is 3.71. The number of ether oxygens (including phenoxy) is 1. The highest BCUT2D eigenvalue weighted by atomic mass is 35.5. The van der Waals surface area contributed by atoms with Crippen molar-refractivity contribution in [2.75, 3.05) is 6.26 Å². The molecular weight excluding hydrogens is 485 g/mol. The number of alkyl halides is 2. The summed E-state index contributed by atoms with van der Waals surface area (Å²) < 4.78 is 55.1. The lowest BCUT2D eigenvalue weighted by Crippen LogP contribution is -2.34. The molecule has 10 nitrogen and oxygen atoms in total. The smallest absolute Gasteiger partial charge is 0.349 e. The Morgan fingerprint density at radius 1 is 1.19 bits per heavy atom. The Morgan fingerprint density at radius 3 is 2.35 bits per heavy atom. The van der Waals surface area contributed by atoms with Crippen LogP contribution in [-0.4, -0.2) is 39.5 Å². The molecule has 2 heterocycles. The fourth-order valence-electron chi connectivity index (χ4n) is 2.37. The Bertz CT molecular complexity index is 1380. The molecule has 0 fully saturated rings. The van der Waals surface area contributed by atoms with E-state index < -0.39 is 43.9 Å². The SMILES string of the molecule is CS(=O)(=O)c1cc(Oc2c(Cl)cc(-n3nc(C(F)F)c(=O)[nH]c3=O)cc2Cl)ncc1O. The van der Waals surface area contributed by atoms with Gasteiger partial charge in [-0.3, -0.25) is 9.78 Å². The van der Waals surface area contributed by atoms with E-state index >= 15 is 0 Å². The van der Waals surface area contributed by atoms with E-state index in [0.717, 1.165) is 30.7 Å². The van der Waals surface area contributed by atoms with Crippen LogP contribution in [0.4, 0.5) is 8.78 Å². The van der Waals surface area contributed by atoms with Crippen molar-refractivity contribution in [1.29, 1.82) is 0 Å². The number of sulfone groups is 1. The molecule has 164 valence electrons. The van der Waals surface area contributed by atoms with Gasteiger partial charge in [-0.15, -0.1) is 0 Å². The van der Waals surface area contributed by atoms with Gasteiger partial charge in [-0.1, -0.05) is 23.2 Å². The van der Waals surface area contributed by atoms with Gasteiger partial charge in [-0.2, -0.15) is 9.78 Å². The molecule has 2 aromatic heterocycles. The first-order valence-corrected chi connectivity index (χ1v) is 10.6. The highest BCUT2D eigenvalue weighted by Gasteiger charge is 2.20. The summed E-state index contributed by atoms with van der Waals surface area (Å²) in [5.41, 5.74) is -3.81. The minimum Gasteiger partial charge on any atom is -0.505 e. The topological polar surface area (TPSA) is 144 Å². The average molecular weight is 495 g/mol. The predicted octanol–water partition coefficient (Wildman–Crippen LogP) is 2.46. The summed E-state index contributed by atoms with van der Waals surface area (Å²) in [5.74, 6) is -1.09. The number of nitrogens with zero attached hydrogens (tertiary/aromatic N) is 3. The van der Waals surface area contributed by atoms with Crippen molar-refractivity contribution in [2.45, 2.75) is 11.3 Å². The van der Waals surface area contributed by atoms with Gasteiger partial charge in [0.1, 0.15) is 4.90 Å². The Hall–Kier alpha value is -3.03. The number of halogens is 4. The molecule has 2 N–H and O–H groups in total. The lowest BCUT2D eigenvalue weighted by atomic mass is 10.3. The van der Waals surface area contributed by atoms with Gasteiger partial charge in [0.15, 0.2) is 27.0 Å². The molecule has 3 aromatic rings. The van der Waals surface area contributed by atoms with Crippen LogP contribution in [0, 0.1) is 0 Å². The Labute approximate surface area is 181 Å².